The first-order valence-corrected chi connectivity index (χ1v) is 12.1. The highest BCUT2D eigenvalue weighted by molar-refractivity contribution is 7.99. The lowest BCUT2D eigenvalue weighted by Gasteiger charge is -2.56. The molecule has 0 radical (unpaired) electrons. The Morgan fingerprint density at radius 2 is 2.00 bits per heavy atom. The van der Waals surface area contributed by atoms with E-state index in [4.69, 9.17) is 4.74 Å². The maximum absolute atomic E-state index is 13.7. The largest absolute Gasteiger partial charge is 0.481 e. The van der Waals surface area contributed by atoms with Crippen LogP contribution >= 0.6 is 11.8 Å². The number of nitrogens with zero attached hydrogens (tertiary/aromatic N) is 5. The quantitative estimate of drug-likeness (QED) is 0.713. The van der Waals surface area contributed by atoms with E-state index in [0.717, 1.165) is 62.8 Å². The van der Waals surface area contributed by atoms with Crippen molar-refractivity contribution in [2.45, 2.75) is 37.8 Å². The van der Waals surface area contributed by atoms with Gasteiger partial charge in [-0.3, -0.25) is 9.59 Å². The fraction of sp³-hybridized carbons (Fsp3) is 0.714. The van der Waals surface area contributed by atoms with Crippen LogP contribution in [0.4, 0.5) is 5.82 Å². The van der Waals surface area contributed by atoms with Crippen LogP contribution in [0.15, 0.2) is 12.4 Å². The Hall–Kier alpha value is -2.03. The van der Waals surface area contributed by atoms with Gasteiger partial charge in [-0.15, -0.1) is 0 Å². The van der Waals surface area contributed by atoms with Crippen LogP contribution in [0.5, 0.6) is 5.88 Å². The molecule has 162 valence electrons. The Balaban J connectivity index is 1.46. The fourth-order valence-electron chi connectivity index (χ4n) is 5.75. The molecule has 8 nitrogen and oxygen atoms in total. The van der Waals surface area contributed by atoms with Gasteiger partial charge in [-0.1, -0.05) is 0 Å². The van der Waals surface area contributed by atoms with E-state index in [0.29, 0.717) is 18.2 Å². The SMILES string of the molecule is COc1cc(N2C[C@@H]3C[C@H](C2)[C@H](C(=O)N2CCSCC2)N2C(=O)CCC[C@@H]32)ncn1. The maximum atomic E-state index is 13.7. The first kappa shape index (κ1) is 19.9. The number of piperidine rings is 3. The Morgan fingerprint density at radius 3 is 2.80 bits per heavy atom. The number of carbonyl (C=O) groups excluding carboxylic acids is 2. The summed E-state index contributed by atoms with van der Waals surface area (Å²) in [7, 11) is 1.61. The molecule has 1 aromatic rings. The highest BCUT2D eigenvalue weighted by atomic mass is 32.2. The van der Waals surface area contributed by atoms with Crippen LogP contribution in [0.1, 0.15) is 25.7 Å². The number of fused-ring (bicyclic) bond motifs is 4. The summed E-state index contributed by atoms with van der Waals surface area (Å²) >= 11 is 1.90. The lowest BCUT2D eigenvalue weighted by molar-refractivity contribution is -0.161. The number of carbonyl (C=O) groups is 2. The molecule has 4 atom stereocenters. The number of thioether (sulfide) groups is 1. The predicted octanol–water partition coefficient (Wildman–Crippen LogP) is 1.27. The summed E-state index contributed by atoms with van der Waals surface area (Å²) in [5, 5.41) is 0. The van der Waals surface area contributed by atoms with Crippen LogP contribution in [0.3, 0.4) is 0 Å². The van der Waals surface area contributed by atoms with Gasteiger partial charge < -0.3 is 19.4 Å². The second-order valence-electron chi connectivity index (χ2n) is 8.72. The third kappa shape index (κ3) is 3.50. The summed E-state index contributed by atoms with van der Waals surface area (Å²) in [5.41, 5.74) is 0. The molecule has 0 saturated carbocycles. The molecule has 0 spiro atoms. The average Bonchev–Trinajstić information content (AvgIpc) is 2.80. The van der Waals surface area contributed by atoms with E-state index in [2.05, 4.69) is 14.9 Å². The minimum atomic E-state index is -0.339. The monoisotopic (exact) mass is 431 g/mol. The number of hydrogen-bond acceptors (Lipinski definition) is 7. The van der Waals surface area contributed by atoms with Crippen molar-refractivity contribution in [1.29, 1.82) is 0 Å². The van der Waals surface area contributed by atoms with Gasteiger partial charge in [-0.2, -0.15) is 11.8 Å². The van der Waals surface area contributed by atoms with Gasteiger partial charge >= 0.3 is 0 Å². The molecule has 9 heteroatoms. The molecular formula is C21H29N5O3S. The van der Waals surface area contributed by atoms with Crippen molar-refractivity contribution in [3.8, 4) is 5.88 Å². The topological polar surface area (TPSA) is 78.9 Å². The first-order valence-electron chi connectivity index (χ1n) is 10.9. The molecule has 0 unspecified atom stereocenters. The molecular weight excluding hydrogens is 402 g/mol. The zero-order valence-corrected chi connectivity index (χ0v) is 18.2. The van der Waals surface area contributed by atoms with Crippen LogP contribution in [-0.4, -0.2) is 88.5 Å². The molecule has 5 rings (SSSR count). The highest BCUT2D eigenvalue weighted by Gasteiger charge is 2.53. The third-order valence-electron chi connectivity index (χ3n) is 7.08. The van der Waals surface area contributed by atoms with Crippen molar-refractivity contribution in [2.24, 2.45) is 11.8 Å². The predicted molar refractivity (Wildman–Crippen MR) is 115 cm³/mol. The standard InChI is InChI=1S/C21H29N5O3S/c1-29-18-10-17(22-13-23-18)25-11-14-9-15(12-25)20(21(28)24-5-7-30-8-6-24)26-16(14)3-2-4-19(26)27/h10,13-16,20H,2-9,11-12H2,1H3/t14-,15+,16-,20+/m0/s1. The Labute approximate surface area is 181 Å². The van der Waals surface area contributed by atoms with Gasteiger partial charge in [0.1, 0.15) is 18.2 Å². The minimum Gasteiger partial charge on any atom is -0.481 e. The van der Waals surface area contributed by atoms with Crippen LogP contribution in [0.2, 0.25) is 0 Å². The summed E-state index contributed by atoms with van der Waals surface area (Å²) in [4.78, 5) is 41.5. The number of ether oxygens (including phenoxy) is 1. The Kier molecular flexibility index (Phi) is 5.47. The number of anilines is 1. The van der Waals surface area contributed by atoms with Gasteiger partial charge in [0.15, 0.2) is 0 Å². The van der Waals surface area contributed by atoms with Crippen LogP contribution in [0.25, 0.3) is 0 Å². The molecule has 30 heavy (non-hydrogen) atoms. The Morgan fingerprint density at radius 1 is 1.20 bits per heavy atom. The Bertz CT molecular complexity index is 818. The van der Waals surface area contributed by atoms with E-state index in [9.17, 15) is 9.59 Å². The molecule has 2 bridgehead atoms. The van der Waals surface area contributed by atoms with Crippen molar-refractivity contribution in [2.75, 3.05) is 49.7 Å². The van der Waals surface area contributed by atoms with Crippen molar-refractivity contribution in [3.05, 3.63) is 12.4 Å². The number of methoxy groups -OCH3 is 1. The highest BCUT2D eigenvalue weighted by Crippen LogP contribution is 2.43. The zero-order valence-electron chi connectivity index (χ0n) is 17.4. The van der Waals surface area contributed by atoms with Crippen LogP contribution in [0, 0.1) is 11.8 Å². The van der Waals surface area contributed by atoms with Gasteiger partial charge in [0.05, 0.1) is 7.11 Å². The molecule has 2 amide bonds. The number of aromatic nitrogens is 2. The molecule has 0 aromatic carbocycles. The lowest BCUT2D eigenvalue weighted by atomic mass is 9.71. The minimum absolute atomic E-state index is 0.130. The molecule has 5 heterocycles. The summed E-state index contributed by atoms with van der Waals surface area (Å²) in [6, 6.07) is 1.68. The third-order valence-corrected chi connectivity index (χ3v) is 8.02. The molecule has 1 aromatic heterocycles. The summed E-state index contributed by atoms with van der Waals surface area (Å²) in [6.07, 6.45) is 5.02. The van der Waals surface area contributed by atoms with Gasteiger partial charge in [-0.05, 0) is 25.2 Å². The van der Waals surface area contributed by atoms with E-state index in [1.54, 1.807) is 7.11 Å². The molecule has 4 aliphatic rings. The molecule has 4 aliphatic heterocycles. The summed E-state index contributed by atoms with van der Waals surface area (Å²) in [6.45, 7) is 3.16. The van der Waals surface area contributed by atoms with Gasteiger partial charge in [0.2, 0.25) is 17.7 Å². The van der Waals surface area contributed by atoms with Crippen LogP contribution in [-0.2, 0) is 9.59 Å². The van der Waals surface area contributed by atoms with Crippen LogP contribution < -0.4 is 9.64 Å². The van der Waals surface area contributed by atoms with Gasteiger partial charge in [-0.25, -0.2) is 9.97 Å². The van der Waals surface area contributed by atoms with E-state index in [-0.39, 0.29) is 29.8 Å². The summed E-state index contributed by atoms with van der Waals surface area (Å²) < 4.78 is 5.28. The maximum Gasteiger partial charge on any atom is 0.245 e. The zero-order chi connectivity index (χ0) is 20.7. The average molecular weight is 432 g/mol. The fourth-order valence-corrected chi connectivity index (χ4v) is 6.65. The van der Waals surface area contributed by atoms with E-state index >= 15 is 0 Å². The second-order valence-corrected chi connectivity index (χ2v) is 9.95. The molecule has 0 N–H and O–H groups in total. The summed E-state index contributed by atoms with van der Waals surface area (Å²) in [5.74, 6) is 4.17. The molecule has 4 fully saturated rings. The van der Waals surface area contributed by atoms with E-state index in [1.165, 1.54) is 6.33 Å². The smallest absolute Gasteiger partial charge is 0.245 e. The second kappa shape index (κ2) is 8.24. The number of amides is 2. The van der Waals surface area contributed by atoms with Crippen molar-refractivity contribution >= 4 is 29.4 Å². The molecule has 0 aliphatic carbocycles. The first-order chi connectivity index (χ1) is 14.7. The lowest BCUT2D eigenvalue weighted by Crippen LogP contribution is -2.69. The molecule has 4 saturated heterocycles. The van der Waals surface area contributed by atoms with Gasteiger partial charge in [0.25, 0.3) is 0 Å². The van der Waals surface area contributed by atoms with Gasteiger partial charge in [0, 0.05) is 62.1 Å². The van der Waals surface area contributed by atoms with Crippen molar-refractivity contribution < 1.29 is 14.3 Å². The van der Waals surface area contributed by atoms with Crippen molar-refractivity contribution in [3.63, 3.8) is 0 Å². The number of rotatable bonds is 3. The van der Waals surface area contributed by atoms with E-state index < -0.39 is 0 Å². The number of hydrogen-bond donors (Lipinski definition) is 0. The van der Waals surface area contributed by atoms with Crippen molar-refractivity contribution in [1.82, 2.24) is 19.8 Å². The normalized spacial score (nSPS) is 31.4. The van der Waals surface area contributed by atoms with E-state index in [1.807, 2.05) is 27.6 Å².